The van der Waals surface area contributed by atoms with Gasteiger partial charge in [-0.05, 0) is 57.2 Å². The van der Waals surface area contributed by atoms with Crippen LogP contribution in [0.25, 0.3) is 0 Å². The van der Waals surface area contributed by atoms with Crippen LogP contribution in [0.2, 0.25) is 0 Å². The van der Waals surface area contributed by atoms with E-state index in [0.29, 0.717) is 12.8 Å². The Hall–Kier alpha value is -3.85. The second-order valence-corrected chi connectivity index (χ2v) is 9.90. The van der Waals surface area contributed by atoms with E-state index in [1.54, 1.807) is 6.08 Å². The summed E-state index contributed by atoms with van der Waals surface area (Å²) in [6, 6.07) is 1.30. The highest BCUT2D eigenvalue weighted by Crippen LogP contribution is 2.44. The van der Waals surface area contributed by atoms with E-state index in [0.717, 1.165) is 6.08 Å². The van der Waals surface area contributed by atoms with Gasteiger partial charge in [0.1, 0.15) is 17.3 Å². The summed E-state index contributed by atoms with van der Waals surface area (Å²) in [5, 5.41) is 23.6. The van der Waals surface area contributed by atoms with Gasteiger partial charge in [0.15, 0.2) is 11.6 Å². The normalized spacial score (nSPS) is 27.8. The average Bonchev–Trinajstić information content (AvgIpc) is 2.98. The first-order valence-corrected chi connectivity index (χ1v) is 12.2. The van der Waals surface area contributed by atoms with Gasteiger partial charge >= 0.3 is 5.97 Å². The van der Waals surface area contributed by atoms with Crippen LogP contribution in [0.3, 0.4) is 0 Å². The van der Waals surface area contributed by atoms with Crippen molar-refractivity contribution in [2.75, 3.05) is 0 Å². The van der Waals surface area contributed by atoms with Gasteiger partial charge in [0.25, 0.3) is 0 Å². The van der Waals surface area contributed by atoms with Gasteiger partial charge in [-0.3, -0.25) is 24.0 Å². The highest BCUT2D eigenvalue weighted by molar-refractivity contribution is 6.32. The molecule has 37 heavy (non-hydrogen) atoms. The molecule has 3 N–H and O–H groups in total. The summed E-state index contributed by atoms with van der Waals surface area (Å²) in [6.45, 7) is 6.20. The van der Waals surface area contributed by atoms with Crippen LogP contribution in [-0.4, -0.2) is 51.6 Å². The minimum Gasteiger partial charge on any atom is -0.507 e. The van der Waals surface area contributed by atoms with Gasteiger partial charge in [0, 0.05) is 29.2 Å². The molecule has 194 valence electrons. The molecule has 0 saturated carbocycles. The molecule has 9 heteroatoms. The van der Waals surface area contributed by atoms with E-state index in [9.17, 15) is 34.2 Å². The van der Waals surface area contributed by atoms with Crippen LogP contribution < -0.4 is 5.32 Å². The summed E-state index contributed by atoms with van der Waals surface area (Å²) < 4.78 is 5.64. The van der Waals surface area contributed by atoms with Crippen molar-refractivity contribution in [1.29, 1.82) is 0 Å². The van der Waals surface area contributed by atoms with Crippen LogP contribution in [0.1, 0.15) is 76.7 Å². The lowest BCUT2D eigenvalue weighted by Crippen LogP contribution is -2.42. The van der Waals surface area contributed by atoms with Crippen molar-refractivity contribution in [2.24, 2.45) is 11.3 Å². The number of amides is 1. The lowest BCUT2D eigenvalue weighted by Gasteiger charge is -2.32. The number of phenolic OH excluding ortho intramolecular Hbond substituents is 1. The number of phenols is 1. The second kappa shape index (κ2) is 9.55. The molecule has 2 heterocycles. The van der Waals surface area contributed by atoms with Crippen LogP contribution in [0.5, 0.6) is 5.75 Å². The number of aliphatic hydroxyl groups excluding tert-OH is 1. The Balaban J connectivity index is 2.04. The molecule has 4 atom stereocenters. The van der Waals surface area contributed by atoms with E-state index in [-0.39, 0.29) is 40.2 Å². The summed E-state index contributed by atoms with van der Waals surface area (Å²) >= 11 is 0. The quantitative estimate of drug-likeness (QED) is 0.409. The molecule has 0 spiro atoms. The zero-order chi connectivity index (χ0) is 27.2. The monoisotopic (exact) mass is 507 g/mol. The standard InChI is InChI=1S/C28H29NO8/c1-5-15-6-8-17(31)21-20-16(12-13(2)24(21)33)25(34)23-22(26(20)35)28(4,11-10-19(32)29-23)27(36)37-18(9-7-15)14(3)30/h7,9-12,14-15,18,30,33H,5-6,8H2,1-4H3,(H,29,32)/b9-7+/t14?,15?,18-,28+/m1/s1. The minimum atomic E-state index is -1.92. The Morgan fingerprint density at radius 3 is 2.49 bits per heavy atom. The molecule has 4 rings (SSSR count). The van der Waals surface area contributed by atoms with Crippen LogP contribution in [0, 0.1) is 18.3 Å². The molecule has 1 aliphatic carbocycles. The Labute approximate surface area is 213 Å². The predicted octanol–water partition coefficient (Wildman–Crippen LogP) is 2.88. The number of nitrogens with one attached hydrogen (secondary N) is 1. The van der Waals surface area contributed by atoms with Crippen LogP contribution in [0.4, 0.5) is 0 Å². The zero-order valence-electron chi connectivity index (χ0n) is 21.1. The van der Waals surface area contributed by atoms with Crippen molar-refractivity contribution in [3.63, 3.8) is 0 Å². The fourth-order valence-electron chi connectivity index (χ4n) is 4.94. The van der Waals surface area contributed by atoms with Crippen LogP contribution >= 0.6 is 0 Å². The largest absolute Gasteiger partial charge is 0.507 e. The Kier molecular flexibility index (Phi) is 6.77. The average molecular weight is 508 g/mol. The van der Waals surface area contributed by atoms with Gasteiger partial charge in [-0.15, -0.1) is 0 Å². The molecule has 9 nitrogen and oxygen atoms in total. The van der Waals surface area contributed by atoms with E-state index >= 15 is 0 Å². The summed E-state index contributed by atoms with van der Waals surface area (Å²) in [4.78, 5) is 67.2. The molecule has 2 aliphatic heterocycles. The number of allylic oxidation sites excluding steroid dienone is 2. The van der Waals surface area contributed by atoms with E-state index in [1.807, 2.05) is 6.92 Å². The van der Waals surface area contributed by atoms with Crippen molar-refractivity contribution in [1.82, 2.24) is 5.32 Å². The topological polar surface area (TPSA) is 147 Å². The first-order chi connectivity index (χ1) is 17.4. The minimum absolute atomic E-state index is 0.0211. The third-order valence-electron chi connectivity index (χ3n) is 7.26. The maximum atomic E-state index is 14.1. The van der Waals surface area contributed by atoms with E-state index < -0.39 is 58.3 Å². The number of ether oxygens (including phenoxy) is 1. The first-order valence-electron chi connectivity index (χ1n) is 12.2. The van der Waals surface area contributed by atoms with Crippen molar-refractivity contribution >= 4 is 29.2 Å². The second-order valence-electron chi connectivity index (χ2n) is 9.90. The van der Waals surface area contributed by atoms with Crippen molar-refractivity contribution in [3.8, 4) is 5.75 Å². The van der Waals surface area contributed by atoms with E-state index in [2.05, 4.69) is 5.32 Å². The highest BCUT2D eigenvalue weighted by atomic mass is 16.6. The maximum absolute atomic E-state index is 14.1. The molecule has 0 saturated heterocycles. The number of aromatic hydroxyl groups is 1. The summed E-state index contributed by atoms with van der Waals surface area (Å²) in [6.07, 6.45) is 4.31. The van der Waals surface area contributed by atoms with Crippen LogP contribution in [0.15, 0.2) is 41.6 Å². The third-order valence-corrected chi connectivity index (χ3v) is 7.26. The summed E-state index contributed by atoms with van der Waals surface area (Å²) in [5.41, 5.74) is -3.17. The molecule has 0 radical (unpaired) electrons. The number of aliphatic hydroxyl groups is 1. The highest BCUT2D eigenvalue weighted by Gasteiger charge is 2.50. The van der Waals surface area contributed by atoms with E-state index in [4.69, 9.17) is 4.74 Å². The molecule has 0 fully saturated rings. The molecule has 1 aromatic carbocycles. The van der Waals surface area contributed by atoms with Gasteiger partial charge in [0.05, 0.1) is 17.4 Å². The number of benzene rings is 1. The fourth-order valence-corrected chi connectivity index (χ4v) is 4.94. The Morgan fingerprint density at radius 2 is 1.84 bits per heavy atom. The molecule has 0 aromatic heterocycles. The molecule has 1 aromatic rings. The molecule has 2 unspecified atom stereocenters. The number of hydrogen-bond donors (Lipinski definition) is 3. The molecular formula is C28H29NO8. The van der Waals surface area contributed by atoms with Crippen molar-refractivity contribution < 1.29 is 38.9 Å². The van der Waals surface area contributed by atoms with Gasteiger partial charge in [-0.25, -0.2) is 0 Å². The van der Waals surface area contributed by atoms with Gasteiger partial charge < -0.3 is 20.3 Å². The van der Waals surface area contributed by atoms with Crippen LogP contribution in [-0.2, 0) is 14.3 Å². The molecule has 3 aliphatic rings. The number of cyclic esters (lactones) is 1. The zero-order valence-corrected chi connectivity index (χ0v) is 21.1. The lowest BCUT2D eigenvalue weighted by molar-refractivity contribution is -0.157. The Morgan fingerprint density at radius 1 is 1.14 bits per heavy atom. The number of hydrogen-bond acceptors (Lipinski definition) is 8. The predicted molar refractivity (Wildman–Crippen MR) is 132 cm³/mol. The Bertz CT molecular complexity index is 1330. The lowest BCUT2D eigenvalue weighted by atomic mass is 9.71. The number of Topliss-reactive ketones (excluding diaryl/α,β-unsaturated/α-hetero) is 3. The van der Waals surface area contributed by atoms with Gasteiger partial charge in [-0.2, -0.15) is 0 Å². The van der Waals surface area contributed by atoms with Crippen molar-refractivity contribution in [2.45, 2.75) is 59.2 Å². The SMILES string of the molecule is CCC1/C=C/[C@H](C(C)O)OC(=O)[C@@]2(C)C=CC(=O)NC3=C2C(=O)c2c(cc(C)c(O)c2C(=O)CC1)C3=O. The number of esters is 1. The molecule has 1 amide bonds. The fraction of sp³-hybridized carbons (Fsp3) is 0.393. The summed E-state index contributed by atoms with van der Waals surface area (Å²) in [7, 11) is 0. The van der Waals surface area contributed by atoms with Crippen molar-refractivity contribution in [3.05, 3.63) is 63.9 Å². The summed E-state index contributed by atoms with van der Waals surface area (Å²) in [5.74, 6) is -4.35. The maximum Gasteiger partial charge on any atom is 0.321 e. The van der Waals surface area contributed by atoms with Gasteiger partial charge in [-0.1, -0.05) is 19.1 Å². The third kappa shape index (κ3) is 4.33. The number of carbonyl (C=O) groups excluding carboxylic acids is 5. The number of ketones is 3. The first kappa shape index (κ1) is 26.2. The number of carbonyl (C=O) groups is 5. The number of aryl methyl sites for hydroxylation is 1. The molecule has 2 bridgehead atoms. The van der Waals surface area contributed by atoms with E-state index in [1.165, 1.54) is 39.0 Å². The number of rotatable bonds is 2. The smallest absolute Gasteiger partial charge is 0.321 e. The van der Waals surface area contributed by atoms with Gasteiger partial charge in [0.2, 0.25) is 11.7 Å². The molecular weight excluding hydrogens is 478 g/mol.